The summed E-state index contributed by atoms with van der Waals surface area (Å²) >= 11 is 0. The molecule has 0 aromatic heterocycles. The Labute approximate surface area is 135 Å². The van der Waals surface area contributed by atoms with Gasteiger partial charge in [-0.2, -0.15) is 5.10 Å². The highest BCUT2D eigenvalue weighted by Gasteiger charge is 2.13. The van der Waals surface area contributed by atoms with Crippen molar-refractivity contribution < 1.29 is 14.3 Å². The van der Waals surface area contributed by atoms with Crippen molar-refractivity contribution in [2.45, 2.75) is 20.0 Å². The molecular weight excluding hydrogens is 292 g/mol. The van der Waals surface area contributed by atoms with Crippen LogP contribution in [0.25, 0.3) is 0 Å². The van der Waals surface area contributed by atoms with Crippen molar-refractivity contribution in [3.8, 4) is 5.75 Å². The van der Waals surface area contributed by atoms with Gasteiger partial charge in [0.1, 0.15) is 18.1 Å². The lowest BCUT2D eigenvalue weighted by Crippen LogP contribution is -2.21. The van der Waals surface area contributed by atoms with Crippen LogP contribution in [0.3, 0.4) is 0 Å². The fourth-order valence-corrected chi connectivity index (χ4v) is 2.02. The summed E-state index contributed by atoms with van der Waals surface area (Å²) in [6.45, 7) is 2.55. The lowest BCUT2D eigenvalue weighted by atomic mass is 10.1. The van der Waals surface area contributed by atoms with Gasteiger partial charge in [0, 0.05) is 6.42 Å². The van der Waals surface area contributed by atoms with Crippen molar-refractivity contribution in [2.24, 2.45) is 10.9 Å². The van der Waals surface area contributed by atoms with Crippen LogP contribution in [0.2, 0.25) is 0 Å². The summed E-state index contributed by atoms with van der Waals surface area (Å²) in [4.78, 5) is 11.6. The number of nitrogens with zero attached hydrogens (tertiary/aromatic N) is 1. The van der Waals surface area contributed by atoms with Crippen LogP contribution in [-0.4, -0.2) is 18.3 Å². The smallest absolute Gasteiger partial charge is 0.354 e. The van der Waals surface area contributed by atoms with E-state index in [9.17, 15) is 4.79 Å². The minimum atomic E-state index is -0.487. The first-order chi connectivity index (χ1) is 11.2. The number of hydrogen-bond acceptors (Lipinski definition) is 5. The van der Waals surface area contributed by atoms with Crippen molar-refractivity contribution in [2.75, 3.05) is 6.61 Å². The fraction of sp³-hybridized carbons (Fsp3) is 0.222. The lowest BCUT2D eigenvalue weighted by Gasteiger charge is -2.08. The summed E-state index contributed by atoms with van der Waals surface area (Å²) in [5, 5.41) is 3.51. The monoisotopic (exact) mass is 312 g/mol. The number of benzene rings is 2. The van der Waals surface area contributed by atoms with Crippen LogP contribution in [0.5, 0.6) is 5.75 Å². The summed E-state index contributed by atoms with van der Waals surface area (Å²) in [5.74, 6) is 5.53. The molecule has 0 amide bonds. The maximum Gasteiger partial charge on any atom is 0.354 e. The Morgan fingerprint density at radius 1 is 1.04 bits per heavy atom. The molecule has 2 aromatic rings. The van der Waals surface area contributed by atoms with Crippen LogP contribution in [0.15, 0.2) is 59.7 Å². The average molecular weight is 312 g/mol. The third-order valence-electron chi connectivity index (χ3n) is 3.21. The van der Waals surface area contributed by atoms with E-state index in [1.165, 1.54) is 0 Å². The number of carbonyl (C=O) groups is 1. The van der Waals surface area contributed by atoms with Gasteiger partial charge in [-0.15, -0.1) is 0 Å². The van der Waals surface area contributed by atoms with E-state index in [0.29, 0.717) is 19.6 Å². The molecule has 5 heteroatoms. The Morgan fingerprint density at radius 3 is 2.35 bits per heavy atom. The molecule has 0 saturated carbocycles. The third kappa shape index (κ3) is 5.14. The number of rotatable bonds is 7. The van der Waals surface area contributed by atoms with E-state index in [-0.39, 0.29) is 5.71 Å². The van der Waals surface area contributed by atoms with Crippen molar-refractivity contribution in [3.63, 3.8) is 0 Å². The zero-order valence-corrected chi connectivity index (χ0v) is 13.1. The fourth-order valence-electron chi connectivity index (χ4n) is 2.02. The Hall–Kier alpha value is -2.82. The predicted molar refractivity (Wildman–Crippen MR) is 89.2 cm³/mol. The van der Waals surface area contributed by atoms with Crippen LogP contribution >= 0.6 is 0 Å². The largest absolute Gasteiger partial charge is 0.489 e. The van der Waals surface area contributed by atoms with Gasteiger partial charge >= 0.3 is 5.97 Å². The van der Waals surface area contributed by atoms with Crippen LogP contribution < -0.4 is 10.6 Å². The molecule has 0 aliphatic carbocycles. The van der Waals surface area contributed by atoms with Crippen LogP contribution in [-0.2, 0) is 22.6 Å². The molecule has 0 fully saturated rings. The number of carbonyl (C=O) groups excluding carboxylic acids is 1. The van der Waals surface area contributed by atoms with Gasteiger partial charge in [0.2, 0.25) is 0 Å². The first-order valence-electron chi connectivity index (χ1n) is 7.42. The third-order valence-corrected chi connectivity index (χ3v) is 3.21. The van der Waals surface area contributed by atoms with Gasteiger partial charge in [0.25, 0.3) is 0 Å². The molecule has 0 spiro atoms. The minimum absolute atomic E-state index is 0.199. The second kappa shape index (κ2) is 8.58. The van der Waals surface area contributed by atoms with E-state index in [1.807, 2.05) is 54.6 Å². The first-order valence-corrected chi connectivity index (χ1v) is 7.42. The molecule has 23 heavy (non-hydrogen) atoms. The van der Waals surface area contributed by atoms with Crippen molar-refractivity contribution in [3.05, 3.63) is 65.7 Å². The van der Waals surface area contributed by atoms with E-state index in [2.05, 4.69) is 5.10 Å². The van der Waals surface area contributed by atoms with Gasteiger partial charge in [0.05, 0.1) is 6.61 Å². The molecule has 0 aliphatic rings. The molecule has 5 nitrogen and oxygen atoms in total. The minimum Gasteiger partial charge on any atom is -0.489 e. The summed E-state index contributed by atoms with van der Waals surface area (Å²) < 4.78 is 10.6. The number of ether oxygens (including phenoxy) is 2. The van der Waals surface area contributed by atoms with E-state index in [1.54, 1.807) is 6.92 Å². The quantitative estimate of drug-likeness (QED) is 0.369. The summed E-state index contributed by atoms with van der Waals surface area (Å²) in [5.41, 5.74) is 2.22. The Kier molecular flexibility index (Phi) is 6.17. The highest BCUT2D eigenvalue weighted by Crippen LogP contribution is 2.15. The maximum absolute atomic E-state index is 11.6. The van der Waals surface area contributed by atoms with Gasteiger partial charge < -0.3 is 15.3 Å². The second-order valence-corrected chi connectivity index (χ2v) is 4.89. The molecule has 120 valence electrons. The van der Waals surface area contributed by atoms with Crippen molar-refractivity contribution >= 4 is 11.7 Å². The molecule has 0 atom stereocenters. The second-order valence-electron chi connectivity index (χ2n) is 4.89. The van der Waals surface area contributed by atoms with Gasteiger partial charge in [-0.3, -0.25) is 0 Å². The maximum atomic E-state index is 11.6. The van der Waals surface area contributed by atoms with E-state index >= 15 is 0 Å². The molecule has 2 aromatic carbocycles. The van der Waals surface area contributed by atoms with Crippen molar-refractivity contribution in [1.82, 2.24) is 0 Å². The molecule has 0 unspecified atom stereocenters. The summed E-state index contributed by atoms with van der Waals surface area (Å²) in [7, 11) is 0. The van der Waals surface area contributed by atoms with Gasteiger partial charge in [-0.1, -0.05) is 42.5 Å². The molecule has 0 radical (unpaired) electrons. The topological polar surface area (TPSA) is 73.9 Å². The molecule has 2 N–H and O–H groups in total. The standard InChI is InChI=1S/C18H20N2O3/c1-2-22-18(21)17(20-19)12-14-8-10-16(11-9-14)23-13-15-6-4-3-5-7-15/h3-11H,2,12-13,19H2,1H3/b20-17-. The number of hydrogen-bond donors (Lipinski definition) is 1. The Bertz CT molecular complexity index is 652. The van der Waals surface area contributed by atoms with E-state index < -0.39 is 5.97 Å². The molecule has 0 aliphatic heterocycles. The average Bonchev–Trinajstić information content (AvgIpc) is 2.60. The summed E-state index contributed by atoms with van der Waals surface area (Å²) in [6.07, 6.45) is 0.328. The number of nitrogens with two attached hydrogens (primary N) is 1. The van der Waals surface area contributed by atoms with E-state index in [4.69, 9.17) is 15.3 Å². The number of hydrazone groups is 1. The zero-order chi connectivity index (χ0) is 16.5. The van der Waals surface area contributed by atoms with Gasteiger partial charge in [-0.05, 0) is 30.2 Å². The Morgan fingerprint density at radius 2 is 1.74 bits per heavy atom. The highest BCUT2D eigenvalue weighted by molar-refractivity contribution is 6.36. The van der Waals surface area contributed by atoms with Crippen LogP contribution in [0, 0.1) is 0 Å². The molecular formula is C18H20N2O3. The van der Waals surface area contributed by atoms with Gasteiger partial charge in [-0.25, -0.2) is 4.79 Å². The number of esters is 1. The van der Waals surface area contributed by atoms with Crippen LogP contribution in [0.1, 0.15) is 18.1 Å². The predicted octanol–water partition coefficient (Wildman–Crippen LogP) is 2.69. The zero-order valence-electron chi connectivity index (χ0n) is 13.1. The summed E-state index contributed by atoms with van der Waals surface area (Å²) in [6, 6.07) is 17.4. The molecule has 2 rings (SSSR count). The molecule has 0 heterocycles. The lowest BCUT2D eigenvalue weighted by molar-refractivity contribution is -0.135. The Balaban J connectivity index is 1.92. The normalized spacial score (nSPS) is 11.1. The molecule has 0 bridgehead atoms. The molecule has 0 saturated heterocycles. The highest BCUT2D eigenvalue weighted by atomic mass is 16.5. The first kappa shape index (κ1) is 16.5. The SMILES string of the molecule is CCOC(=O)/C(Cc1ccc(OCc2ccccc2)cc1)=N\N. The van der Waals surface area contributed by atoms with Crippen molar-refractivity contribution in [1.29, 1.82) is 0 Å². The van der Waals surface area contributed by atoms with Crippen LogP contribution in [0.4, 0.5) is 0 Å². The van der Waals surface area contributed by atoms with Gasteiger partial charge in [0.15, 0.2) is 0 Å². The van der Waals surface area contributed by atoms with E-state index in [0.717, 1.165) is 16.9 Å².